The molecule has 1 aromatic carbocycles. The molecule has 2 aliphatic rings. The second-order valence-corrected chi connectivity index (χ2v) is 8.10. The van der Waals surface area contributed by atoms with Crippen LogP contribution in [0.3, 0.4) is 0 Å². The number of aryl methyl sites for hydroxylation is 1. The van der Waals surface area contributed by atoms with Crippen LogP contribution >= 0.6 is 0 Å². The van der Waals surface area contributed by atoms with Crippen molar-refractivity contribution in [3.8, 4) is 0 Å². The summed E-state index contributed by atoms with van der Waals surface area (Å²) in [4.78, 5) is 12.4. The molecule has 158 valence electrons. The Hall–Kier alpha value is -2.63. The number of hydrogen-bond acceptors (Lipinski definition) is 9. The summed E-state index contributed by atoms with van der Waals surface area (Å²) in [7, 11) is 0. The molecule has 0 spiro atoms. The maximum atomic E-state index is 12.1. The topological polar surface area (TPSA) is 160 Å². The average molecular weight is 413 g/mol. The lowest BCUT2D eigenvalue weighted by atomic mass is 9.69. The van der Waals surface area contributed by atoms with Crippen molar-refractivity contribution < 1.29 is 25.2 Å². The molecule has 1 unspecified atom stereocenters. The van der Waals surface area contributed by atoms with Crippen LogP contribution < -0.4 is 5.73 Å². The molecule has 3 heterocycles. The highest BCUT2D eigenvalue weighted by Gasteiger charge is 2.74. The smallest absolute Gasteiger partial charge is 0.179 e. The van der Waals surface area contributed by atoms with Gasteiger partial charge in [0.25, 0.3) is 0 Å². The van der Waals surface area contributed by atoms with Gasteiger partial charge < -0.3 is 30.9 Å². The van der Waals surface area contributed by atoms with E-state index in [9.17, 15) is 20.4 Å². The second-order valence-electron chi connectivity index (χ2n) is 8.10. The van der Waals surface area contributed by atoms with Gasteiger partial charge in [-0.25, -0.2) is 15.0 Å². The minimum absolute atomic E-state index is 0.146. The Morgan fingerprint density at radius 3 is 2.77 bits per heavy atom. The first-order valence-electron chi connectivity index (χ1n) is 9.72. The Morgan fingerprint density at radius 1 is 1.23 bits per heavy atom. The van der Waals surface area contributed by atoms with Gasteiger partial charge in [0, 0.05) is 0 Å². The van der Waals surface area contributed by atoms with Crippen molar-refractivity contribution in [1.82, 2.24) is 19.5 Å². The van der Waals surface area contributed by atoms with E-state index in [4.69, 9.17) is 10.5 Å². The number of hydrogen-bond donors (Lipinski definition) is 5. The van der Waals surface area contributed by atoms with Crippen LogP contribution in [0.1, 0.15) is 24.5 Å². The summed E-state index contributed by atoms with van der Waals surface area (Å²) in [6, 6.07) is 7.23. The van der Waals surface area contributed by atoms with Gasteiger partial charge in [-0.3, -0.25) is 4.57 Å². The number of nitrogens with zero attached hydrogens (tertiary/aromatic N) is 4. The molecule has 10 heteroatoms. The highest BCUT2D eigenvalue weighted by Crippen LogP contribution is 2.57. The molecule has 5 rings (SSSR count). The molecule has 0 amide bonds. The van der Waals surface area contributed by atoms with Gasteiger partial charge in [0.15, 0.2) is 22.8 Å². The lowest BCUT2D eigenvalue weighted by Crippen LogP contribution is -2.67. The molecular weight excluding hydrogens is 390 g/mol. The van der Waals surface area contributed by atoms with Crippen molar-refractivity contribution in [3.05, 3.63) is 48.0 Å². The molecule has 30 heavy (non-hydrogen) atoms. The van der Waals surface area contributed by atoms with Crippen LogP contribution in [0.25, 0.3) is 11.2 Å². The Bertz CT molecular complexity index is 1140. The van der Waals surface area contributed by atoms with Crippen LogP contribution in [0.4, 0.5) is 5.82 Å². The summed E-state index contributed by atoms with van der Waals surface area (Å²) in [5, 5.41) is 45.0. The number of aliphatic hydroxyl groups excluding tert-OH is 2. The highest BCUT2D eigenvalue weighted by molar-refractivity contribution is 5.81. The van der Waals surface area contributed by atoms with Gasteiger partial charge in [-0.05, 0) is 30.9 Å². The highest BCUT2D eigenvalue weighted by atomic mass is 16.6. The number of anilines is 1. The second kappa shape index (κ2) is 6.19. The zero-order valence-electron chi connectivity index (χ0n) is 16.3. The van der Waals surface area contributed by atoms with E-state index in [0.29, 0.717) is 17.5 Å². The molecule has 3 aromatic rings. The van der Waals surface area contributed by atoms with Crippen molar-refractivity contribution >= 4 is 17.0 Å². The van der Waals surface area contributed by atoms with Gasteiger partial charge in [-0.15, -0.1) is 0 Å². The molecule has 10 nitrogen and oxygen atoms in total. The number of benzene rings is 1. The normalized spacial score (nSPS) is 35.8. The zero-order valence-corrected chi connectivity index (χ0v) is 16.3. The number of nitrogens with two attached hydrogens (primary N) is 1. The maximum absolute atomic E-state index is 12.1. The summed E-state index contributed by atoms with van der Waals surface area (Å²) in [5.74, 6) is 0.146. The number of imidazole rings is 1. The third-order valence-corrected chi connectivity index (χ3v) is 6.72. The van der Waals surface area contributed by atoms with E-state index in [2.05, 4.69) is 15.0 Å². The van der Waals surface area contributed by atoms with Crippen LogP contribution in [0.2, 0.25) is 0 Å². The molecule has 0 bridgehead atoms. The molecule has 5 atom stereocenters. The number of nitrogen functional groups attached to an aromatic ring is 1. The fraction of sp³-hybridized carbons (Fsp3) is 0.450. The largest absolute Gasteiger partial charge is 0.394 e. The van der Waals surface area contributed by atoms with Gasteiger partial charge in [-0.1, -0.05) is 24.3 Å². The Labute approximate surface area is 171 Å². The van der Waals surface area contributed by atoms with E-state index in [-0.39, 0.29) is 17.9 Å². The molecule has 1 aliphatic heterocycles. The van der Waals surface area contributed by atoms with Gasteiger partial charge in [0.1, 0.15) is 29.7 Å². The van der Waals surface area contributed by atoms with Crippen LogP contribution in [0, 0.1) is 0 Å². The number of rotatable bonds is 3. The lowest BCUT2D eigenvalue weighted by Gasteiger charge is -2.49. The van der Waals surface area contributed by atoms with E-state index >= 15 is 0 Å². The first-order chi connectivity index (χ1) is 14.3. The summed E-state index contributed by atoms with van der Waals surface area (Å²) < 4.78 is 7.45. The van der Waals surface area contributed by atoms with E-state index in [1.165, 1.54) is 24.1 Å². The number of aromatic nitrogens is 4. The van der Waals surface area contributed by atoms with Gasteiger partial charge in [0.05, 0.1) is 12.9 Å². The number of aliphatic hydroxyl groups is 4. The van der Waals surface area contributed by atoms with Crippen molar-refractivity contribution in [3.63, 3.8) is 0 Å². The zero-order chi connectivity index (χ0) is 21.3. The lowest BCUT2D eigenvalue weighted by molar-refractivity contribution is -0.268. The van der Waals surface area contributed by atoms with E-state index in [1.807, 2.05) is 12.1 Å². The van der Waals surface area contributed by atoms with Crippen molar-refractivity contribution in [2.75, 3.05) is 12.3 Å². The van der Waals surface area contributed by atoms with Crippen LogP contribution in [-0.4, -0.2) is 64.4 Å². The average Bonchev–Trinajstić information content (AvgIpc) is 3.39. The molecule has 1 saturated heterocycles. The van der Waals surface area contributed by atoms with Crippen LogP contribution in [-0.2, 0) is 22.5 Å². The maximum Gasteiger partial charge on any atom is 0.179 e. The summed E-state index contributed by atoms with van der Waals surface area (Å²) >= 11 is 0. The standard InChI is InChI=1S/C20H23N5O5/c1-18(25-10-24-14-16(21)22-9-23-17(14)25)20(29,15(27)13(8-26)30-18)19(28)7-6-11-4-2-3-5-12(11)19/h2-5,9-10,13,15,26-29H,6-8H2,1H3,(H2,21,22,23)/t13-,15-,18-,19?,20-/m1/s1. The molecule has 1 fully saturated rings. The summed E-state index contributed by atoms with van der Waals surface area (Å²) in [5.41, 5.74) is 2.02. The predicted molar refractivity (Wildman–Crippen MR) is 105 cm³/mol. The van der Waals surface area contributed by atoms with Crippen LogP contribution in [0.15, 0.2) is 36.9 Å². The fourth-order valence-electron chi connectivity index (χ4n) is 5.15. The van der Waals surface area contributed by atoms with Gasteiger partial charge in [0.2, 0.25) is 0 Å². The molecule has 1 aliphatic carbocycles. The summed E-state index contributed by atoms with van der Waals surface area (Å²) in [6.07, 6.45) is 0.570. The minimum Gasteiger partial charge on any atom is -0.394 e. The predicted octanol–water partition coefficient (Wildman–Crippen LogP) is -0.602. The first-order valence-corrected chi connectivity index (χ1v) is 9.72. The van der Waals surface area contributed by atoms with E-state index < -0.39 is 35.7 Å². The monoisotopic (exact) mass is 413 g/mol. The fourth-order valence-corrected chi connectivity index (χ4v) is 5.15. The van der Waals surface area contributed by atoms with Crippen LogP contribution in [0.5, 0.6) is 0 Å². The number of ether oxygens (including phenoxy) is 1. The third-order valence-electron chi connectivity index (χ3n) is 6.72. The molecule has 2 aromatic heterocycles. The Balaban J connectivity index is 1.77. The van der Waals surface area contributed by atoms with Crippen molar-refractivity contribution in [2.45, 2.75) is 48.9 Å². The summed E-state index contributed by atoms with van der Waals surface area (Å²) in [6.45, 7) is 0.977. The minimum atomic E-state index is -2.24. The molecular formula is C20H23N5O5. The third kappa shape index (κ3) is 2.12. The number of fused-ring (bicyclic) bond motifs is 2. The Morgan fingerprint density at radius 2 is 2.00 bits per heavy atom. The van der Waals surface area contributed by atoms with E-state index in [1.54, 1.807) is 12.1 Å². The van der Waals surface area contributed by atoms with Crippen molar-refractivity contribution in [1.29, 1.82) is 0 Å². The molecule has 0 saturated carbocycles. The molecule has 0 radical (unpaired) electrons. The van der Waals surface area contributed by atoms with Gasteiger partial charge >= 0.3 is 0 Å². The quantitative estimate of drug-likeness (QED) is 0.378. The van der Waals surface area contributed by atoms with Gasteiger partial charge in [-0.2, -0.15) is 0 Å². The van der Waals surface area contributed by atoms with Crippen molar-refractivity contribution in [2.24, 2.45) is 0 Å². The van der Waals surface area contributed by atoms with E-state index in [0.717, 1.165) is 5.56 Å². The molecule has 6 N–H and O–H groups in total. The first kappa shape index (κ1) is 19.3. The Kier molecular flexibility index (Phi) is 3.99. The SMILES string of the molecule is C[C@@]1(n2cnc3c(N)ncnc32)O[C@H](CO)[C@@H](O)[C@]1(O)C1(O)CCc2ccccc21.